The third kappa shape index (κ3) is 6.76. The second-order valence-electron chi connectivity index (χ2n) is 16.9. The monoisotopic (exact) mass is 892 g/mol. The summed E-state index contributed by atoms with van der Waals surface area (Å²) in [6.07, 6.45) is 7.17. The van der Waals surface area contributed by atoms with Gasteiger partial charge in [-0.15, -0.1) is 0 Å². The summed E-state index contributed by atoms with van der Waals surface area (Å²) in [6.45, 7) is 5.76. The SMILES string of the molecule is Cc1ccnc(-n2c3ccccc3c3ccc(Oc4cc(-c5cnc(-c6cc7c(c(Oc8ccc9c%10ccccc%10n(-c%10cc(C)ccn%10)c9c8)c6)OCCO7)cn5)cc5c4OCCO5)cc32)c1. The molecular weight excluding hydrogens is 853 g/mol. The minimum absolute atomic E-state index is 0.398. The summed E-state index contributed by atoms with van der Waals surface area (Å²) in [4.78, 5) is 19.3. The number of fused-ring (bicyclic) bond motifs is 8. The highest BCUT2D eigenvalue weighted by Crippen LogP contribution is 2.47. The predicted molar refractivity (Wildman–Crippen MR) is 262 cm³/mol. The first-order valence-electron chi connectivity index (χ1n) is 22.5. The van der Waals surface area contributed by atoms with Gasteiger partial charge in [-0.1, -0.05) is 36.4 Å². The Hall–Kier alpha value is -8.90. The van der Waals surface area contributed by atoms with Gasteiger partial charge in [-0.25, -0.2) is 9.97 Å². The number of hydrogen-bond acceptors (Lipinski definition) is 10. The van der Waals surface area contributed by atoms with Crippen molar-refractivity contribution in [3.8, 4) is 80.1 Å². The van der Waals surface area contributed by atoms with Gasteiger partial charge in [0.05, 0.1) is 45.8 Å². The zero-order chi connectivity index (χ0) is 45.3. The van der Waals surface area contributed by atoms with E-state index in [4.69, 9.17) is 48.4 Å². The van der Waals surface area contributed by atoms with Gasteiger partial charge in [0.15, 0.2) is 23.0 Å². The zero-order valence-electron chi connectivity index (χ0n) is 37.0. The summed E-state index contributed by atoms with van der Waals surface area (Å²) in [5.41, 5.74) is 9.06. The van der Waals surface area contributed by atoms with Gasteiger partial charge in [0.2, 0.25) is 11.5 Å². The van der Waals surface area contributed by atoms with Gasteiger partial charge in [0.25, 0.3) is 0 Å². The van der Waals surface area contributed by atoms with E-state index in [1.165, 1.54) is 0 Å². The molecule has 68 heavy (non-hydrogen) atoms. The van der Waals surface area contributed by atoms with Crippen LogP contribution in [0.4, 0.5) is 0 Å². The Morgan fingerprint density at radius 2 is 0.868 bits per heavy atom. The largest absolute Gasteiger partial charge is 0.486 e. The third-order valence-corrected chi connectivity index (χ3v) is 12.5. The van der Waals surface area contributed by atoms with Gasteiger partial charge < -0.3 is 28.4 Å². The van der Waals surface area contributed by atoms with Crippen LogP contribution in [0, 0.1) is 13.8 Å². The molecule has 0 bridgehead atoms. The van der Waals surface area contributed by atoms with Crippen LogP contribution in [0.3, 0.4) is 0 Å². The molecule has 2 aliphatic rings. The van der Waals surface area contributed by atoms with Crippen molar-refractivity contribution >= 4 is 43.6 Å². The number of ether oxygens (including phenoxy) is 6. The Labute approximate surface area is 389 Å². The average Bonchev–Trinajstić information content (AvgIpc) is 3.88. The molecule has 0 N–H and O–H groups in total. The van der Waals surface area contributed by atoms with Gasteiger partial charge in [0.1, 0.15) is 49.6 Å². The Morgan fingerprint density at radius 1 is 0.426 bits per heavy atom. The van der Waals surface area contributed by atoms with Crippen molar-refractivity contribution in [2.75, 3.05) is 26.4 Å². The number of benzene rings is 6. The lowest BCUT2D eigenvalue weighted by Crippen LogP contribution is -2.16. The van der Waals surface area contributed by atoms with Crippen molar-refractivity contribution in [3.05, 3.63) is 169 Å². The molecule has 12 heteroatoms. The summed E-state index contributed by atoms with van der Waals surface area (Å²) < 4.78 is 42.4. The molecule has 0 amide bonds. The normalized spacial score (nSPS) is 13.1. The summed E-state index contributed by atoms with van der Waals surface area (Å²) in [7, 11) is 0. The second-order valence-corrected chi connectivity index (χ2v) is 16.9. The number of nitrogens with zero attached hydrogens (tertiary/aromatic N) is 6. The summed E-state index contributed by atoms with van der Waals surface area (Å²) in [5, 5.41) is 4.45. The van der Waals surface area contributed by atoms with E-state index in [1.807, 2.05) is 85.2 Å². The van der Waals surface area contributed by atoms with E-state index in [9.17, 15) is 0 Å². The van der Waals surface area contributed by atoms with Gasteiger partial charge >= 0.3 is 0 Å². The lowest BCUT2D eigenvalue weighted by atomic mass is 10.1. The van der Waals surface area contributed by atoms with Gasteiger partial charge in [0, 0.05) is 57.2 Å². The molecule has 0 fully saturated rings. The van der Waals surface area contributed by atoms with Gasteiger partial charge in [-0.05, 0) is 110 Å². The van der Waals surface area contributed by atoms with E-state index >= 15 is 0 Å². The first-order valence-corrected chi connectivity index (χ1v) is 22.5. The zero-order valence-corrected chi connectivity index (χ0v) is 37.0. The first-order chi connectivity index (χ1) is 33.5. The molecule has 0 spiro atoms. The van der Waals surface area contributed by atoms with Crippen LogP contribution in [0.2, 0.25) is 0 Å². The quantitative estimate of drug-likeness (QED) is 0.146. The fourth-order valence-corrected chi connectivity index (χ4v) is 9.38. The van der Waals surface area contributed by atoms with E-state index < -0.39 is 0 Å². The molecule has 0 radical (unpaired) electrons. The van der Waals surface area contributed by atoms with Crippen molar-refractivity contribution in [1.82, 2.24) is 29.1 Å². The lowest BCUT2D eigenvalue weighted by molar-refractivity contribution is 0.166. The van der Waals surface area contributed by atoms with Crippen LogP contribution in [0.15, 0.2) is 158 Å². The average molecular weight is 893 g/mol. The summed E-state index contributed by atoms with van der Waals surface area (Å²) in [5.74, 6) is 6.12. The first kappa shape index (κ1) is 39.5. The Balaban J connectivity index is 0.840. The van der Waals surface area contributed by atoms with Crippen LogP contribution in [0.5, 0.6) is 46.0 Å². The highest BCUT2D eigenvalue weighted by atomic mass is 16.6. The maximum Gasteiger partial charge on any atom is 0.204 e. The van der Waals surface area contributed by atoms with Crippen LogP contribution < -0.4 is 28.4 Å². The van der Waals surface area contributed by atoms with Gasteiger partial charge in [-0.3, -0.25) is 19.1 Å². The second kappa shape index (κ2) is 15.9. The highest BCUT2D eigenvalue weighted by Gasteiger charge is 2.24. The van der Waals surface area contributed by atoms with E-state index in [1.54, 1.807) is 12.4 Å². The topological polar surface area (TPSA) is 117 Å². The Morgan fingerprint density at radius 3 is 1.32 bits per heavy atom. The molecule has 330 valence electrons. The third-order valence-electron chi connectivity index (χ3n) is 12.5. The van der Waals surface area contributed by atoms with E-state index in [0.29, 0.717) is 83.8 Å². The minimum Gasteiger partial charge on any atom is -0.486 e. The molecule has 6 aromatic carbocycles. The molecule has 11 aromatic rings. The van der Waals surface area contributed by atoms with Crippen LogP contribution in [0.25, 0.3) is 77.8 Å². The van der Waals surface area contributed by atoms with Crippen LogP contribution in [-0.2, 0) is 0 Å². The standard InChI is InChI=1S/C56H40N6O6/c1-33-15-17-57-53(23-33)61-45-9-5-3-7-39(45)41-13-11-37(29-47(41)61)67-51-27-35(25-49-55(51)65-21-19-63-49)43-31-60-44(32-59-43)36-26-50-56(66-22-20-64-50)52(28-36)68-38-12-14-42-40-8-4-6-10-46(40)62(48(42)30-38)54-24-34(2)16-18-58-54/h3-18,23-32H,19-22H2,1-2H3. The molecule has 0 saturated carbocycles. The molecule has 0 unspecified atom stereocenters. The van der Waals surface area contributed by atoms with Crippen LogP contribution in [0.1, 0.15) is 11.1 Å². The summed E-state index contributed by atoms with van der Waals surface area (Å²) >= 11 is 0. The molecular formula is C56H40N6O6. The number of hydrogen-bond donors (Lipinski definition) is 0. The van der Waals surface area contributed by atoms with Crippen molar-refractivity contribution in [2.24, 2.45) is 0 Å². The maximum absolute atomic E-state index is 6.71. The van der Waals surface area contributed by atoms with Crippen molar-refractivity contribution in [1.29, 1.82) is 0 Å². The molecule has 0 atom stereocenters. The summed E-state index contributed by atoms with van der Waals surface area (Å²) in [6, 6.07) is 44.8. The smallest absolute Gasteiger partial charge is 0.204 e. The van der Waals surface area contributed by atoms with E-state index in [0.717, 1.165) is 77.5 Å². The van der Waals surface area contributed by atoms with Crippen molar-refractivity contribution in [2.45, 2.75) is 13.8 Å². The molecule has 0 saturated heterocycles. The number of pyridine rings is 2. The maximum atomic E-state index is 6.71. The van der Waals surface area contributed by atoms with Crippen molar-refractivity contribution in [3.63, 3.8) is 0 Å². The fraction of sp³-hybridized carbons (Fsp3) is 0.107. The molecule has 12 nitrogen and oxygen atoms in total. The lowest BCUT2D eigenvalue weighted by Gasteiger charge is -2.22. The Kier molecular flexibility index (Phi) is 9.24. The number of aromatic nitrogens is 6. The van der Waals surface area contributed by atoms with Crippen LogP contribution >= 0.6 is 0 Å². The molecule has 13 rings (SSSR count). The van der Waals surface area contributed by atoms with E-state index in [-0.39, 0.29) is 0 Å². The highest BCUT2D eigenvalue weighted by molar-refractivity contribution is 6.10. The fourth-order valence-electron chi connectivity index (χ4n) is 9.38. The van der Waals surface area contributed by atoms with E-state index in [2.05, 4.69) is 83.6 Å². The van der Waals surface area contributed by atoms with Crippen molar-refractivity contribution < 1.29 is 28.4 Å². The molecule has 2 aliphatic heterocycles. The number of rotatable bonds is 8. The predicted octanol–water partition coefficient (Wildman–Crippen LogP) is 12.5. The number of aryl methyl sites for hydroxylation is 2. The number of para-hydroxylation sites is 2. The minimum atomic E-state index is 0.398. The Bertz CT molecular complexity index is 3560. The van der Waals surface area contributed by atoms with Gasteiger partial charge in [-0.2, -0.15) is 0 Å². The molecule has 0 aliphatic carbocycles. The molecule has 5 aromatic heterocycles. The van der Waals surface area contributed by atoms with Crippen LogP contribution in [-0.4, -0.2) is 55.5 Å². The molecule has 7 heterocycles.